The number of aliphatic hydroxyl groups is 1. The van der Waals surface area contributed by atoms with E-state index in [1.807, 2.05) is 13.0 Å². The van der Waals surface area contributed by atoms with Crippen LogP contribution in [0.2, 0.25) is 0 Å². The van der Waals surface area contributed by atoms with Crippen LogP contribution < -0.4 is 0 Å². The van der Waals surface area contributed by atoms with Crippen LogP contribution in [0.25, 0.3) is 0 Å². The van der Waals surface area contributed by atoms with Crippen LogP contribution >= 0.6 is 0 Å². The summed E-state index contributed by atoms with van der Waals surface area (Å²) in [5.74, 6) is -0.277. The second kappa shape index (κ2) is 4.13. The largest absolute Gasteiger partial charge is 0.460 e. The van der Waals surface area contributed by atoms with Crippen LogP contribution in [0.4, 0.5) is 0 Å². The van der Waals surface area contributed by atoms with Gasteiger partial charge in [0.1, 0.15) is 17.8 Å². The third kappa shape index (κ3) is 1.52. The minimum atomic E-state index is -0.443. The van der Waals surface area contributed by atoms with Gasteiger partial charge in [-0.2, -0.15) is 0 Å². The molecule has 22 heavy (non-hydrogen) atoms. The number of carbonyl (C=O) groups is 1. The van der Waals surface area contributed by atoms with Crippen molar-refractivity contribution in [1.29, 1.82) is 0 Å². The Kier molecular flexibility index (Phi) is 2.76. The molecule has 2 heterocycles. The minimum absolute atomic E-state index is 0.0683. The quantitative estimate of drug-likeness (QED) is 0.452. The number of esters is 1. The molecule has 5 nitrogen and oxygen atoms in total. The zero-order valence-electron chi connectivity index (χ0n) is 13.6. The maximum absolute atomic E-state index is 11.5. The molecule has 2 aliphatic heterocycles. The predicted octanol–water partition coefficient (Wildman–Crippen LogP) is 1.58. The number of hydrogen-bond acceptors (Lipinski definition) is 5. The summed E-state index contributed by atoms with van der Waals surface area (Å²) < 4.78 is 17.8. The van der Waals surface area contributed by atoms with Gasteiger partial charge < -0.3 is 19.3 Å². The highest BCUT2D eigenvalue weighted by Crippen LogP contribution is 2.71. The standard InChI is InChI=1S/C17H24O5/c1-9-5-13-15(3,6-11(9)19)16(4)7-12(21-10(2)18)14(22-13)17(16)8-20-17/h5,11-14,19H,6-8H2,1-4H3/t11-,12-,13-,14-,15+,16-,17+/m1/s1. The van der Waals surface area contributed by atoms with Gasteiger partial charge in [0, 0.05) is 17.8 Å². The molecule has 0 unspecified atom stereocenters. The van der Waals surface area contributed by atoms with E-state index >= 15 is 0 Å². The van der Waals surface area contributed by atoms with Crippen molar-refractivity contribution in [1.82, 2.24) is 0 Å². The Hall–Kier alpha value is -0.910. The lowest BCUT2D eigenvalue weighted by Gasteiger charge is -2.57. The molecule has 0 aromatic rings. The van der Waals surface area contributed by atoms with Crippen LogP contribution in [0.1, 0.15) is 40.5 Å². The van der Waals surface area contributed by atoms with Crippen molar-refractivity contribution < 1.29 is 24.1 Å². The number of hydrogen-bond donors (Lipinski definition) is 1. The summed E-state index contributed by atoms with van der Waals surface area (Å²) in [6.45, 7) is 8.42. The Morgan fingerprint density at radius 3 is 2.68 bits per heavy atom. The first-order valence-electron chi connectivity index (χ1n) is 8.06. The first kappa shape index (κ1) is 14.7. The van der Waals surface area contributed by atoms with Gasteiger partial charge >= 0.3 is 5.97 Å². The van der Waals surface area contributed by atoms with Gasteiger partial charge in [-0.05, 0) is 25.3 Å². The molecular weight excluding hydrogens is 284 g/mol. The van der Waals surface area contributed by atoms with Gasteiger partial charge in [-0.25, -0.2) is 0 Å². The molecule has 2 aliphatic carbocycles. The molecule has 1 saturated carbocycles. The van der Waals surface area contributed by atoms with Gasteiger partial charge in [-0.15, -0.1) is 0 Å². The topological polar surface area (TPSA) is 68.3 Å². The fraction of sp³-hybridized carbons (Fsp3) is 0.824. The summed E-state index contributed by atoms with van der Waals surface area (Å²) in [6, 6.07) is 0. The summed E-state index contributed by atoms with van der Waals surface area (Å²) in [6.07, 6.45) is 2.44. The lowest BCUT2D eigenvalue weighted by molar-refractivity contribution is -0.207. The van der Waals surface area contributed by atoms with E-state index in [4.69, 9.17) is 14.2 Å². The number of aliphatic hydroxyl groups excluding tert-OH is 1. The average Bonchev–Trinajstić information content (AvgIpc) is 3.16. The summed E-state index contributed by atoms with van der Waals surface area (Å²) >= 11 is 0. The summed E-state index contributed by atoms with van der Waals surface area (Å²) in [4.78, 5) is 11.5. The lowest BCUT2D eigenvalue weighted by atomic mass is 9.52. The fourth-order valence-corrected chi connectivity index (χ4v) is 5.19. The number of rotatable bonds is 1. The van der Waals surface area contributed by atoms with Gasteiger partial charge in [-0.1, -0.05) is 19.9 Å². The molecule has 7 atom stereocenters. The van der Waals surface area contributed by atoms with E-state index in [2.05, 4.69) is 13.8 Å². The van der Waals surface area contributed by atoms with Crippen LogP contribution in [0, 0.1) is 10.8 Å². The highest BCUT2D eigenvalue weighted by Gasteiger charge is 2.80. The first-order chi connectivity index (χ1) is 10.2. The molecule has 5 heteroatoms. The normalized spacial score (nSPS) is 55.6. The summed E-state index contributed by atoms with van der Waals surface area (Å²) in [5.41, 5.74) is 0.193. The van der Waals surface area contributed by atoms with Crippen molar-refractivity contribution in [2.75, 3.05) is 6.61 Å². The van der Waals surface area contributed by atoms with Crippen LogP contribution in [-0.4, -0.2) is 47.7 Å². The Morgan fingerprint density at radius 1 is 1.41 bits per heavy atom. The zero-order chi connectivity index (χ0) is 15.9. The van der Waals surface area contributed by atoms with Gasteiger partial charge in [0.2, 0.25) is 0 Å². The van der Waals surface area contributed by atoms with Crippen molar-refractivity contribution in [2.24, 2.45) is 10.8 Å². The van der Waals surface area contributed by atoms with Crippen molar-refractivity contribution in [3.63, 3.8) is 0 Å². The first-order valence-corrected chi connectivity index (χ1v) is 8.06. The molecule has 1 spiro atoms. The number of fused-ring (bicyclic) bond motifs is 2. The third-order valence-electron chi connectivity index (χ3n) is 6.85. The van der Waals surface area contributed by atoms with E-state index in [1.165, 1.54) is 6.92 Å². The Labute approximate surface area is 130 Å². The van der Waals surface area contributed by atoms with Gasteiger partial charge in [0.15, 0.2) is 0 Å². The van der Waals surface area contributed by atoms with E-state index in [-0.39, 0.29) is 40.7 Å². The highest BCUT2D eigenvalue weighted by molar-refractivity contribution is 5.66. The van der Waals surface area contributed by atoms with Crippen molar-refractivity contribution in [3.05, 3.63) is 11.6 Å². The van der Waals surface area contributed by atoms with Crippen molar-refractivity contribution in [3.8, 4) is 0 Å². The number of epoxide rings is 1. The summed E-state index contributed by atoms with van der Waals surface area (Å²) in [7, 11) is 0. The predicted molar refractivity (Wildman–Crippen MR) is 78.1 cm³/mol. The van der Waals surface area contributed by atoms with Gasteiger partial charge in [-0.3, -0.25) is 4.79 Å². The van der Waals surface area contributed by atoms with E-state index in [1.54, 1.807) is 0 Å². The van der Waals surface area contributed by atoms with Crippen molar-refractivity contribution >= 4 is 5.97 Å². The Morgan fingerprint density at radius 2 is 2.09 bits per heavy atom. The molecule has 2 bridgehead atoms. The van der Waals surface area contributed by atoms with Crippen LogP contribution in [0.3, 0.4) is 0 Å². The molecular formula is C17H24O5. The smallest absolute Gasteiger partial charge is 0.302 e. The summed E-state index contributed by atoms with van der Waals surface area (Å²) in [5, 5.41) is 10.4. The van der Waals surface area contributed by atoms with Crippen LogP contribution in [0.15, 0.2) is 11.6 Å². The van der Waals surface area contributed by atoms with Gasteiger partial charge in [0.25, 0.3) is 0 Å². The average molecular weight is 308 g/mol. The van der Waals surface area contributed by atoms with Crippen LogP contribution in [0.5, 0.6) is 0 Å². The molecule has 3 fully saturated rings. The molecule has 0 aromatic carbocycles. The Balaban J connectivity index is 1.78. The zero-order valence-corrected chi connectivity index (χ0v) is 13.6. The SMILES string of the molecule is CC(=O)O[C@@H]1C[C@]2(C)[C@@]3(C)C[C@@H](O)C(C)=C[C@H]3O[C@H]1[C@@]21CO1. The second-order valence-corrected chi connectivity index (χ2v) is 7.89. The van der Waals surface area contributed by atoms with E-state index in [0.29, 0.717) is 13.0 Å². The monoisotopic (exact) mass is 308 g/mol. The molecule has 0 amide bonds. The highest BCUT2D eigenvalue weighted by atomic mass is 16.7. The maximum atomic E-state index is 11.5. The van der Waals surface area contributed by atoms with E-state index < -0.39 is 6.10 Å². The number of ether oxygens (including phenoxy) is 3. The lowest BCUT2D eigenvalue weighted by Crippen LogP contribution is -2.62. The second-order valence-electron chi connectivity index (χ2n) is 7.89. The van der Waals surface area contributed by atoms with Crippen molar-refractivity contribution in [2.45, 2.75) is 70.6 Å². The molecule has 2 saturated heterocycles. The molecule has 0 aromatic heterocycles. The van der Waals surface area contributed by atoms with E-state index in [9.17, 15) is 9.90 Å². The maximum Gasteiger partial charge on any atom is 0.302 e. The Bertz CT molecular complexity index is 565. The molecule has 1 N–H and O–H groups in total. The van der Waals surface area contributed by atoms with E-state index in [0.717, 1.165) is 12.0 Å². The molecule has 4 rings (SSSR count). The minimum Gasteiger partial charge on any atom is -0.460 e. The van der Waals surface area contributed by atoms with Gasteiger partial charge in [0.05, 0.1) is 18.8 Å². The molecule has 0 radical (unpaired) electrons. The molecule has 122 valence electrons. The fourth-order valence-electron chi connectivity index (χ4n) is 5.19. The third-order valence-corrected chi connectivity index (χ3v) is 6.85. The molecule has 4 aliphatic rings. The number of carbonyl (C=O) groups excluding carboxylic acids is 1. The van der Waals surface area contributed by atoms with Crippen LogP contribution in [-0.2, 0) is 19.0 Å².